The summed E-state index contributed by atoms with van der Waals surface area (Å²) in [6.45, 7) is 1.97. The second-order valence-corrected chi connectivity index (χ2v) is 6.90. The van der Waals surface area contributed by atoms with E-state index >= 15 is 0 Å². The van der Waals surface area contributed by atoms with Gasteiger partial charge in [-0.05, 0) is 26.0 Å². The van der Waals surface area contributed by atoms with Crippen molar-refractivity contribution >= 4 is 29.5 Å². The lowest BCUT2D eigenvalue weighted by atomic mass is 9.95. The van der Waals surface area contributed by atoms with E-state index in [4.69, 9.17) is 5.11 Å². The van der Waals surface area contributed by atoms with Gasteiger partial charge in [-0.3, -0.25) is 4.79 Å². The van der Waals surface area contributed by atoms with Crippen LogP contribution in [0.5, 0.6) is 0 Å². The number of nitrogens with zero attached hydrogens (tertiary/aromatic N) is 2. The van der Waals surface area contributed by atoms with Gasteiger partial charge in [-0.25, -0.2) is 4.98 Å². The lowest BCUT2D eigenvalue weighted by Gasteiger charge is -2.32. The van der Waals surface area contributed by atoms with Crippen LogP contribution in [0.4, 0.5) is 0 Å². The van der Waals surface area contributed by atoms with E-state index in [-0.39, 0.29) is 5.75 Å². The molecule has 0 aromatic carbocycles. The van der Waals surface area contributed by atoms with E-state index in [1.807, 2.05) is 18.7 Å². The molecule has 2 atom stereocenters. The first-order chi connectivity index (χ1) is 9.11. The van der Waals surface area contributed by atoms with Crippen molar-refractivity contribution in [1.82, 2.24) is 9.55 Å². The number of carboxylic acid groups (broad SMARTS) is 1. The van der Waals surface area contributed by atoms with Crippen LogP contribution in [0.1, 0.15) is 37.4 Å². The molecular weight excluding hydrogens is 280 g/mol. The largest absolute Gasteiger partial charge is 0.481 e. The zero-order chi connectivity index (χ0) is 13.8. The van der Waals surface area contributed by atoms with Crippen LogP contribution in [0.3, 0.4) is 0 Å². The van der Waals surface area contributed by atoms with E-state index in [1.54, 1.807) is 0 Å². The summed E-state index contributed by atoms with van der Waals surface area (Å²) >= 11 is 3.24. The lowest BCUT2D eigenvalue weighted by molar-refractivity contribution is -0.133. The van der Waals surface area contributed by atoms with Crippen molar-refractivity contribution in [3.05, 3.63) is 11.9 Å². The fourth-order valence-corrected chi connectivity index (χ4v) is 4.42. The molecule has 0 radical (unpaired) electrons. The van der Waals surface area contributed by atoms with Gasteiger partial charge in [0, 0.05) is 17.5 Å². The monoisotopic (exact) mass is 300 g/mol. The van der Waals surface area contributed by atoms with Crippen LogP contribution < -0.4 is 0 Å². The van der Waals surface area contributed by atoms with Gasteiger partial charge in [0.1, 0.15) is 0 Å². The molecule has 0 spiro atoms. The Morgan fingerprint density at radius 3 is 2.95 bits per heavy atom. The molecule has 0 aliphatic heterocycles. The summed E-state index contributed by atoms with van der Waals surface area (Å²) in [5.74, 6) is -0.713. The highest BCUT2D eigenvalue weighted by Crippen LogP contribution is 2.38. The SMILES string of the molecule is CSC1CCCCC1n1cc(C)nc1SCC(=O)O. The molecule has 1 heterocycles. The number of carbonyl (C=O) groups is 1. The number of aryl methyl sites for hydroxylation is 1. The van der Waals surface area contributed by atoms with Crippen LogP contribution in [0.15, 0.2) is 11.4 Å². The molecule has 1 aliphatic carbocycles. The average molecular weight is 300 g/mol. The summed E-state index contributed by atoms with van der Waals surface area (Å²) in [5, 5.41) is 10.3. The van der Waals surface area contributed by atoms with Gasteiger partial charge >= 0.3 is 5.97 Å². The topological polar surface area (TPSA) is 55.1 Å². The minimum atomic E-state index is -0.790. The molecule has 0 saturated heterocycles. The summed E-state index contributed by atoms with van der Waals surface area (Å²) < 4.78 is 2.21. The van der Waals surface area contributed by atoms with Crippen molar-refractivity contribution < 1.29 is 9.90 Å². The highest BCUT2D eigenvalue weighted by Gasteiger charge is 2.27. The number of aliphatic carboxylic acids is 1. The van der Waals surface area contributed by atoms with Crippen molar-refractivity contribution in [3.8, 4) is 0 Å². The number of carboxylic acids is 1. The molecule has 19 heavy (non-hydrogen) atoms. The highest BCUT2D eigenvalue weighted by atomic mass is 32.2. The summed E-state index contributed by atoms with van der Waals surface area (Å²) in [7, 11) is 0. The van der Waals surface area contributed by atoms with E-state index in [0.717, 1.165) is 10.9 Å². The molecular formula is C13H20N2O2S2. The Morgan fingerprint density at radius 2 is 2.26 bits per heavy atom. The first-order valence-electron chi connectivity index (χ1n) is 6.54. The smallest absolute Gasteiger partial charge is 0.313 e. The Balaban J connectivity index is 2.19. The van der Waals surface area contributed by atoms with Crippen molar-refractivity contribution in [2.75, 3.05) is 12.0 Å². The van der Waals surface area contributed by atoms with Crippen molar-refractivity contribution in [2.45, 2.75) is 49.1 Å². The maximum atomic E-state index is 10.7. The van der Waals surface area contributed by atoms with Gasteiger partial charge in [0.25, 0.3) is 0 Å². The van der Waals surface area contributed by atoms with E-state index in [2.05, 4.69) is 22.0 Å². The van der Waals surface area contributed by atoms with Gasteiger partial charge in [0.15, 0.2) is 5.16 Å². The minimum Gasteiger partial charge on any atom is -0.481 e. The molecule has 1 N–H and O–H groups in total. The summed E-state index contributed by atoms with van der Waals surface area (Å²) in [5.41, 5.74) is 0.971. The number of rotatable bonds is 5. The number of aromatic nitrogens is 2. The summed E-state index contributed by atoms with van der Waals surface area (Å²) in [4.78, 5) is 15.2. The van der Waals surface area contributed by atoms with Crippen molar-refractivity contribution in [2.24, 2.45) is 0 Å². The number of imidazole rings is 1. The molecule has 1 saturated carbocycles. The van der Waals surface area contributed by atoms with E-state index in [1.165, 1.54) is 37.4 Å². The number of hydrogen-bond donors (Lipinski definition) is 1. The Bertz CT molecular complexity index is 448. The summed E-state index contributed by atoms with van der Waals surface area (Å²) in [6, 6.07) is 0.459. The average Bonchev–Trinajstić information content (AvgIpc) is 2.77. The third-order valence-corrected chi connectivity index (χ3v) is 5.58. The van der Waals surface area contributed by atoms with Crippen molar-refractivity contribution in [1.29, 1.82) is 0 Å². The zero-order valence-electron chi connectivity index (χ0n) is 11.3. The predicted octanol–water partition coefficient (Wildman–Crippen LogP) is 3.21. The van der Waals surface area contributed by atoms with Gasteiger partial charge in [-0.1, -0.05) is 24.6 Å². The molecule has 0 bridgehead atoms. The third kappa shape index (κ3) is 3.69. The molecule has 1 aliphatic rings. The Morgan fingerprint density at radius 1 is 1.53 bits per heavy atom. The quantitative estimate of drug-likeness (QED) is 0.846. The number of hydrogen-bond acceptors (Lipinski definition) is 4. The van der Waals surface area contributed by atoms with Crippen LogP contribution in [-0.4, -0.2) is 37.9 Å². The molecule has 1 aromatic rings. The molecule has 1 fully saturated rings. The maximum Gasteiger partial charge on any atom is 0.313 e. The fourth-order valence-electron chi connectivity index (χ4n) is 2.64. The normalized spacial score (nSPS) is 23.5. The summed E-state index contributed by atoms with van der Waals surface area (Å²) in [6.07, 6.45) is 9.20. The molecule has 106 valence electrons. The fraction of sp³-hybridized carbons (Fsp3) is 0.692. The zero-order valence-corrected chi connectivity index (χ0v) is 13.0. The molecule has 2 rings (SSSR count). The van der Waals surface area contributed by atoms with Gasteiger partial charge < -0.3 is 9.67 Å². The van der Waals surface area contributed by atoms with Gasteiger partial charge in [0.2, 0.25) is 0 Å². The second-order valence-electron chi connectivity index (χ2n) is 4.88. The Kier molecular flexibility index (Phi) is 5.21. The predicted molar refractivity (Wildman–Crippen MR) is 80.1 cm³/mol. The number of thioether (sulfide) groups is 2. The standard InChI is InChI=1S/C13H20N2O2S2/c1-9-7-15(13(14-9)19-8-12(16)17)10-5-3-4-6-11(10)18-2/h7,10-11H,3-6,8H2,1-2H3,(H,16,17). The first kappa shape index (κ1) is 14.8. The van der Waals surface area contributed by atoms with Gasteiger partial charge in [0.05, 0.1) is 11.4 Å². The van der Waals surface area contributed by atoms with Gasteiger partial charge in [-0.15, -0.1) is 0 Å². The lowest BCUT2D eigenvalue weighted by Crippen LogP contribution is -2.25. The van der Waals surface area contributed by atoms with Crippen LogP contribution in [-0.2, 0) is 4.79 Å². The van der Waals surface area contributed by atoms with Crippen LogP contribution >= 0.6 is 23.5 Å². The molecule has 4 nitrogen and oxygen atoms in total. The Hall–Kier alpha value is -0.620. The molecule has 2 unspecified atom stereocenters. The van der Waals surface area contributed by atoms with Crippen LogP contribution in [0.2, 0.25) is 0 Å². The first-order valence-corrected chi connectivity index (χ1v) is 8.82. The van der Waals surface area contributed by atoms with Crippen molar-refractivity contribution in [3.63, 3.8) is 0 Å². The van der Waals surface area contributed by atoms with Gasteiger partial charge in [-0.2, -0.15) is 11.8 Å². The van der Waals surface area contributed by atoms with E-state index < -0.39 is 5.97 Å². The Labute approximate surface area is 122 Å². The molecule has 1 aromatic heterocycles. The highest BCUT2D eigenvalue weighted by molar-refractivity contribution is 7.99. The van der Waals surface area contributed by atoms with E-state index in [9.17, 15) is 4.79 Å². The minimum absolute atomic E-state index is 0.0765. The second kappa shape index (κ2) is 6.70. The molecule has 0 amide bonds. The molecule has 6 heteroatoms. The van der Waals surface area contributed by atoms with E-state index in [0.29, 0.717) is 11.3 Å². The third-order valence-electron chi connectivity index (χ3n) is 3.47. The maximum absolute atomic E-state index is 10.7. The van der Waals surface area contributed by atoms with Crippen LogP contribution in [0, 0.1) is 6.92 Å². The van der Waals surface area contributed by atoms with Crippen LogP contribution in [0.25, 0.3) is 0 Å².